The molecular formula is C71H108N4O11S2. The van der Waals surface area contributed by atoms with E-state index < -0.39 is 32.2 Å². The van der Waals surface area contributed by atoms with Gasteiger partial charge in [0.05, 0.1) is 30.3 Å². The maximum atomic E-state index is 13.7. The molecule has 1 saturated heterocycles. The number of nitrogens with one attached hydrogen (secondary N) is 2. The van der Waals surface area contributed by atoms with Gasteiger partial charge in [0.15, 0.2) is 0 Å². The topological polar surface area (TPSA) is 211 Å². The zero-order valence-corrected chi connectivity index (χ0v) is 56.5. The van der Waals surface area contributed by atoms with Gasteiger partial charge in [-0.25, -0.2) is 40.9 Å². The van der Waals surface area contributed by atoms with Crippen LogP contribution in [0.3, 0.4) is 0 Å². The summed E-state index contributed by atoms with van der Waals surface area (Å²) >= 11 is 0. The number of pyridine rings is 1. The average molecular weight is 1260 g/mol. The van der Waals surface area contributed by atoms with E-state index in [9.17, 15) is 36.6 Å². The van der Waals surface area contributed by atoms with Gasteiger partial charge in [0.1, 0.15) is 22.1 Å². The van der Waals surface area contributed by atoms with Crippen LogP contribution in [-0.4, -0.2) is 88.3 Å². The highest BCUT2D eigenvalue weighted by Crippen LogP contribution is 2.73. The first-order valence-electron chi connectivity index (χ1n) is 34.9. The van der Waals surface area contributed by atoms with Crippen molar-refractivity contribution in [3.63, 3.8) is 0 Å². The van der Waals surface area contributed by atoms with Crippen LogP contribution in [0.2, 0.25) is 0 Å². The summed E-state index contributed by atoms with van der Waals surface area (Å²) in [4.78, 5) is 33.2. The minimum absolute atomic E-state index is 0.0109. The second kappa shape index (κ2) is 23.7. The Balaban J connectivity index is 0.623. The van der Waals surface area contributed by atoms with Gasteiger partial charge in [-0.1, -0.05) is 81.1 Å². The number of nitrogens with zero attached hydrogens (tertiary/aromatic N) is 2. The molecule has 12 rings (SSSR count). The molecule has 1 spiro atoms. The van der Waals surface area contributed by atoms with E-state index in [0.717, 1.165) is 127 Å². The molecule has 0 unspecified atom stereocenters. The summed E-state index contributed by atoms with van der Waals surface area (Å²) in [6, 6.07) is 8.03. The van der Waals surface area contributed by atoms with Gasteiger partial charge in [-0.05, 0) is 275 Å². The molecule has 0 radical (unpaired) electrons. The van der Waals surface area contributed by atoms with Gasteiger partial charge in [0.25, 0.3) is 20.0 Å². The molecule has 4 N–H and O–H groups in total. The number of aromatic nitrogens is 1. The Hall–Kier alpha value is -3.67. The summed E-state index contributed by atoms with van der Waals surface area (Å²) in [5.41, 5.74) is 1.12. The van der Waals surface area contributed by atoms with Gasteiger partial charge in [0, 0.05) is 19.3 Å². The fraction of sp³-hybridized carbons (Fsp3) is 0.817. The highest BCUT2D eigenvalue weighted by molar-refractivity contribution is 7.90. The van der Waals surface area contributed by atoms with Crippen molar-refractivity contribution in [3.05, 3.63) is 42.1 Å². The Bertz CT molecular complexity index is 3130. The first kappa shape index (κ1) is 64.4. The number of aryl methyl sites for hydroxylation is 1. The van der Waals surface area contributed by atoms with Crippen molar-refractivity contribution in [2.24, 2.45) is 110 Å². The van der Waals surface area contributed by atoms with Gasteiger partial charge >= 0.3 is 12.2 Å². The minimum Gasteiger partial charge on any atom is -0.488 e. The lowest BCUT2D eigenvalue weighted by Crippen LogP contribution is -2.63. The summed E-state index contributed by atoms with van der Waals surface area (Å²) in [7, 11) is -8.38. The maximum absolute atomic E-state index is 13.7. The van der Waals surface area contributed by atoms with Gasteiger partial charge in [-0.15, -0.1) is 0 Å². The first-order valence-corrected chi connectivity index (χ1v) is 37.9. The zero-order chi connectivity index (χ0) is 62.7. The number of sulfonamides is 2. The van der Waals surface area contributed by atoms with E-state index in [1.165, 1.54) is 37.9 Å². The van der Waals surface area contributed by atoms with Crippen LogP contribution in [0.4, 0.5) is 15.4 Å². The number of piperidine rings is 1. The number of carbonyl (C=O) groups excluding carboxylic acids is 2. The largest absolute Gasteiger partial charge is 0.488 e. The third-order valence-corrected chi connectivity index (χ3v) is 30.7. The summed E-state index contributed by atoms with van der Waals surface area (Å²) in [6.07, 6.45) is 22.2. The molecule has 88 heavy (non-hydrogen) atoms. The van der Waals surface area contributed by atoms with Gasteiger partial charge < -0.3 is 29.3 Å². The summed E-state index contributed by atoms with van der Waals surface area (Å²) < 4.78 is 75.6. The number of rotatable bonds is 14. The second-order valence-corrected chi connectivity index (χ2v) is 35.9. The second-order valence-electron chi connectivity index (χ2n) is 32.5. The highest BCUT2D eigenvalue weighted by Gasteiger charge is 2.68. The monoisotopic (exact) mass is 1260 g/mol. The smallest absolute Gasteiger partial charge is 0.421 e. The number of benzene rings is 1. The van der Waals surface area contributed by atoms with E-state index in [-0.39, 0.29) is 86.1 Å². The van der Waals surface area contributed by atoms with Crippen LogP contribution >= 0.6 is 0 Å². The van der Waals surface area contributed by atoms with Gasteiger partial charge in [-0.2, -0.15) is 0 Å². The van der Waals surface area contributed by atoms with Crippen LogP contribution < -0.4 is 19.1 Å². The molecule has 0 bridgehead atoms. The SMILES string of the molecule is CC[C@H]1[C@@H](O)[C@@H]2[C@H](CC[C@]3(C)[C@@H]([C@H](C)COC(=O)NS(=O)(=O)c4ccc(N5CCC6(CC[C@H]7[C@@H](CC)[C@@H](O)[C@@H]8[C@H](CC[C@]9(C)[C@@H]([C@H](C)CCOC(=O)NS(=O)(=O)c%10ccc%11c(c%10)CCC(C)(C)O%11)CC[C@@H]89)[C@@]7(C)C6)CC5)nc4)CC[C@@H]23)[C@@]2(C)CCCC[C@@H]12. The normalized spacial score (nSPS) is 40.4. The number of aliphatic hydroxyl groups excluding tert-OH is 2. The fourth-order valence-corrected chi connectivity index (χ4v) is 25.6. The van der Waals surface area contributed by atoms with Crippen molar-refractivity contribution >= 4 is 38.1 Å². The van der Waals surface area contributed by atoms with E-state index in [2.05, 4.69) is 69.7 Å². The first-order chi connectivity index (χ1) is 41.6. The molecule has 8 aliphatic carbocycles. The number of aliphatic hydroxyl groups is 2. The summed E-state index contributed by atoms with van der Waals surface area (Å²) in [5, 5.41) is 24.8. The summed E-state index contributed by atoms with van der Waals surface area (Å²) in [5.74, 6) is 6.41. The van der Waals surface area contributed by atoms with Gasteiger partial charge in [-0.3, -0.25) is 0 Å². The number of fused-ring (bicyclic) bond motifs is 11. The van der Waals surface area contributed by atoms with Crippen molar-refractivity contribution in [1.82, 2.24) is 14.4 Å². The Morgan fingerprint density at radius 3 is 1.81 bits per heavy atom. The Morgan fingerprint density at radius 2 is 1.19 bits per heavy atom. The predicted octanol–water partition coefficient (Wildman–Crippen LogP) is 13.9. The Labute approximate surface area is 527 Å². The average Bonchev–Trinajstić information content (AvgIpc) is 1.21. The van der Waals surface area contributed by atoms with Crippen LogP contribution in [0.15, 0.2) is 46.3 Å². The molecular weight excluding hydrogens is 1150 g/mol. The van der Waals surface area contributed by atoms with Crippen molar-refractivity contribution in [2.75, 3.05) is 31.2 Å². The Morgan fingerprint density at radius 1 is 0.636 bits per heavy atom. The van der Waals surface area contributed by atoms with Crippen LogP contribution in [0, 0.1) is 110 Å². The van der Waals surface area contributed by atoms with Crippen molar-refractivity contribution in [1.29, 1.82) is 0 Å². The molecule has 10 aliphatic rings. The molecule has 9 fully saturated rings. The number of carbonyl (C=O) groups is 2. The lowest BCUT2D eigenvalue weighted by atomic mass is 9.39. The highest BCUT2D eigenvalue weighted by atomic mass is 32.2. The van der Waals surface area contributed by atoms with Crippen LogP contribution in [0.25, 0.3) is 0 Å². The molecule has 2 aliphatic heterocycles. The van der Waals surface area contributed by atoms with E-state index in [0.29, 0.717) is 83.2 Å². The molecule has 2 amide bonds. The number of ether oxygens (including phenoxy) is 3. The lowest BCUT2D eigenvalue weighted by Gasteiger charge is -2.67. The van der Waals surface area contributed by atoms with E-state index in [1.54, 1.807) is 24.3 Å². The number of anilines is 1. The van der Waals surface area contributed by atoms with Gasteiger partial charge in [0.2, 0.25) is 0 Å². The fourth-order valence-electron chi connectivity index (χ4n) is 23.8. The molecule has 3 heterocycles. The van der Waals surface area contributed by atoms with E-state index in [1.807, 2.05) is 13.8 Å². The van der Waals surface area contributed by atoms with E-state index in [4.69, 9.17) is 19.2 Å². The predicted molar refractivity (Wildman–Crippen MR) is 340 cm³/mol. The molecule has 490 valence electrons. The third kappa shape index (κ3) is 11.1. The molecule has 1 aromatic heterocycles. The van der Waals surface area contributed by atoms with Crippen LogP contribution in [0.5, 0.6) is 5.75 Å². The molecule has 17 heteroatoms. The van der Waals surface area contributed by atoms with Crippen molar-refractivity contribution in [3.8, 4) is 5.75 Å². The maximum Gasteiger partial charge on any atom is 0.421 e. The minimum atomic E-state index is -4.24. The van der Waals surface area contributed by atoms with Crippen molar-refractivity contribution < 1.29 is 50.8 Å². The van der Waals surface area contributed by atoms with Crippen LogP contribution in [-0.2, 0) is 35.9 Å². The number of amides is 2. The van der Waals surface area contributed by atoms with E-state index >= 15 is 0 Å². The third-order valence-electron chi connectivity index (χ3n) is 28.1. The number of hydrogen-bond acceptors (Lipinski definition) is 13. The molecule has 20 atom stereocenters. The lowest BCUT2D eigenvalue weighted by molar-refractivity contribution is -0.210. The number of hydrogen-bond donors (Lipinski definition) is 4. The standard InChI is InChI=1S/C71H108N4O11S2/c1-11-48-52-15-13-14-29-67(52,7)56-25-31-69(9)51(19-21-54(69)60(56)62(48)76)44(4)41-85-65(79)74-88(82,83)47-17-23-59(72-40-47)75-36-34-71(35-37-75)33-27-53-49(12-2)63(77)61-55-20-18-50(68(55,8)32-26-57(61)70(53,10)42-71)43(3)28-38-84-64(78)73-87(80,81)46-16-22-58-45(39-46)24-30-66(5,6)86-58/h16-17,22-23,39-40,43-44,48-57,60-63,76-77H,11-15,18-21,24-38,41-42H2,1-10H3,(H,73,78)(H,74,79)/t43-,44-,48-,49-,50-,51-,52+,53+,54+,55+,56+,57+,60+,61+,62-,63-,67+,68-,69-,70+/m1/s1. The molecule has 15 nitrogen and oxygen atoms in total. The quantitative estimate of drug-likeness (QED) is 0.139. The Kier molecular flexibility index (Phi) is 17.4. The summed E-state index contributed by atoms with van der Waals surface area (Å²) in [6.45, 7) is 24.9. The van der Waals surface area contributed by atoms with Crippen LogP contribution in [0.1, 0.15) is 210 Å². The molecule has 1 aromatic carbocycles. The molecule has 2 aromatic rings. The van der Waals surface area contributed by atoms with Crippen molar-refractivity contribution in [2.45, 2.75) is 238 Å². The molecule has 8 saturated carbocycles. The zero-order valence-electron chi connectivity index (χ0n) is 54.9.